The Hall–Kier alpha value is -1.33. The molecule has 0 unspecified atom stereocenters. The maximum Gasteiger partial charge on any atom is 0.432 e. The van der Waals surface area contributed by atoms with Gasteiger partial charge >= 0.3 is 13.7 Å². The van der Waals surface area contributed by atoms with Crippen molar-refractivity contribution in [2.75, 3.05) is 7.11 Å². The van der Waals surface area contributed by atoms with E-state index in [1.54, 1.807) is 24.3 Å². The number of hydrogen-bond acceptors (Lipinski definition) is 4. The Balaban J connectivity index is 0.000000424. The van der Waals surface area contributed by atoms with Crippen LogP contribution in [0, 0.1) is 0 Å². The van der Waals surface area contributed by atoms with Crippen molar-refractivity contribution in [2.45, 2.75) is 0 Å². The smallest absolute Gasteiger partial charge is 0.432 e. The minimum atomic E-state index is -0.750. The Bertz CT molecular complexity index is 237. The highest BCUT2D eigenvalue weighted by atomic mass is 16.5. The average Bonchev–Trinajstić information content (AvgIpc) is 2.19. The number of carbonyl (C=O) groups excluding carboxylic acids is 1. The standard InChI is InChI=1S/C8H8O2.BH3O2/c1-10-8(9)7-5-3-2-4-6-7;2-1-3/h2-6H,1H3;1-3H. The summed E-state index contributed by atoms with van der Waals surface area (Å²) >= 11 is 0. The SMILES string of the molecule is COC(=O)c1ccccc1.OBO. The number of benzene rings is 1. The molecule has 1 rings (SSSR count). The van der Waals surface area contributed by atoms with Crippen molar-refractivity contribution in [3.63, 3.8) is 0 Å². The molecule has 0 aromatic heterocycles. The van der Waals surface area contributed by atoms with E-state index in [-0.39, 0.29) is 5.97 Å². The summed E-state index contributed by atoms with van der Waals surface area (Å²) in [6, 6.07) is 8.88. The molecule has 13 heavy (non-hydrogen) atoms. The van der Waals surface area contributed by atoms with Gasteiger partial charge in [-0.25, -0.2) is 4.79 Å². The Morgan fingerprint density at radius 2 is 1.77 bits per heavy atom. The van der Waals surface area contributed by atoms with Gasteiger partial charge in [-0.15, -0.1) is 0 Å². The summed E-state index contributed by atoms with van der Waals surface area (Å²) in [7, 11) is 0.620. The van der Waals surface area contributed by atoms with Gasteiger partial charge in [-0.05, 0) is 12.1 Å². The molecule has 0 heterocycles. The van der Waals surface area contributed by atoms with Crippen LogP contribution in [0.25, 0.3) is 0 Å². The molecule has 70 valence electrons. The molecule has 0 aliphatic heterocycles. The van der Waals surface area contributed by atoms with Crippen LogP contribution in [-0.2, 0) is 4.74 Å². The van der Waals surface area contributed by atoms with Gasteiger partial charge in [0, 0.05) is 0 Å². The van der Waals surface area contributed by atoms with Crippen molar-refractivity contribution in [2.24, 2.45) is 0 Å². The fourth-order valence-corrected chi connectivity index (χ4v) is 0.692. The first-order chi connectivity index (χ1) is 6.26. The molecule has 0 radical (unpaired) electrons. The van der Waals surface area contributed by atoms with Crippen LogP contribution in [0.1, 0.15) is 10.4 Å². The number of methoxy groups -OCH3 is 1. The van der Waals surface area contributed by atoms with Crippen LogP contribution < -0.4 is 0 Å². The van der Waals surface area contributed by atoms with Crippen molar-refractivity contribution in [1.82, 2.24) is 0 Å². The Morgan fingerprint density at radius 1 is 1.31 bits per heavy atom. The minimum Gasteiger partial charge on any atom is -0.465 e. The Morgan fingerprint density at radius 3 is 2.15 bits per heavy atom. The molecular weight excluding hydrogens is 171 g/mol. The molecule has 0 amide bonds. The lowest BCUT2D eigenvalue weighted by molar-refractivity contribution is 0.0600. The highest BCUT2D eigenvalue weighted by Gasteiger charge is 2.00. The topological polar surface area (TPSA) is 66.8 Å². The molecule has 2 N–H and O–H groups in total. The van der Waals surface area contributed by atoms with E-state index in [2.05, 4.69) is 4.74 Å². The number of rotatable bonds is 1. The quantitative estimate of drug-likeness (QED) is 0.462. The molecule has 0 fully saturated rings. The van der Waals surface area contributed by atoms with Crippen LogP contribution in [0.15, 0.2) is 30.3 Å². The maximum atomic E-state index is 10.8. The molecule has 0 saturated heterocycles. The van der Waals surface area contributed by atoms with Crippen molar-refractivity contribution < 1.29 is 19.6 Å². The number of carbonyl (C=O) groups is 1. The third kappa shape index (κ3) is 5.00. The van der Waals surface area contributed by atoms with E-state index in [0.29, 0.717) is 5.56 Å². The lowest BCUT2D eigenvalue weighted by Crippen LogP contribution is -1.99. The van der Waals surface area contributed by atoms with Gasteiger partial charge in [0.05, 0.1) is 12.7 Å². The van der Waals surface area contributed by atoms with Crippen molar-refractivity contribution in [3.05, 3.63) is 35.9 Å². The van der Waals surface area contributed by atoms with E-state index >= 15 is 0 Å². The summed E-state index contributed by atoms with van der Waals surface area (Å²) < 4.78 is 4.50. The fraction of sp³-hybridized carbons (Fsp3) is 0.125. The normalized spacial score (nSPS) is 7.92. The van der Waals surface area contributed by atoms with E-state index < -0.39 is 7.69 Å². The van der Waals surface area contributed by atoms with Gasteiger partial charge in [0.1, 0.15) is 0 Å². The van der Waals surface area contributed by atoms with Gasteiger partial charge in [-0.2, -0.15) is 0 Å². The second kappa shape index (κ2) is 7.33. The zero-order valence-corrected chi connectivity index (χ0v) is 7.30. The molecule has 1 aromatic rings. The fourth-order valence-electron chi connectivity index (χ4n) is 0.692. The molecule has 0 saturated carbocycles. The molecule has 0 spiro atoms. The second-order valence-electron chi connectivity index (χ2n) is 2.00. The lowest BCUT2D eigenvalue weighted by atomic mass is 10.2. The summed E-state index contributed by atoms with van der Waals surface area (Å²) in [6.07, 6.45) is 0. The first-order valence-electron chi connectivity index (χ1n) is 3.61. The largest absolute Gasteiger partial charge is 0.465 e. The highest BCUT2D eigenvalue weighted by molar-refractivity contribution is 6.13. The zero-order chi connectivity index (χ0) is 10.1. The summed E-state index contributed by atoms with van der Waals surface area (Å²) in [5.41, 5.74) is 0.588. The summed E-state index contributed by atoms with van der Waals surface area (Å²) in [4.78, 5) is 10.8. The van der Waals surface area contributed by atoms with E-state index in [1.165, 1.54) is 7.11 Å². The number of hydrogen-bond donors (Lipinski definition) is 2. The molecular formula is C8H11BO4. The average molecular weight is 182 g/mol. The molecule has 5 heteroatoms. The summed E-state index contributed by atoms with van der Waals surface area (Å²) in [5, 5.41) is 14.2. The van der Waals surface area contributed by atoms with Crippen LogP contribution in [0.2, 0.25) is 0 Å². The van der Waals surface area contributed by atoms with Crippen LogP contribution in [-0.4, -0.2) is 30.8 Å². The van der Waals surface area contributed by atoms with E-state index in [0.717, 1.165) is 0 Å². The van der Waals surface area contributed by atoms with Crippen LogP contribution in [0.3, 0.4) is 0 Å². The van der Waals surface area contributed by atoms with Gasteiger partial charge in [-0.1, -0.05) is 18.2 Å². The molecule has 0 aliphatic rings. The number of ether oxygens (including phenoxy) is 1. The van der Waals surface area contributed by atoms with Gasteiger partial charge in [0.15, 0.2) is 0 Å². The Labute approximate surface area is 77.1 Å². The zero-order valence-electron chi connectivity index (χ0n) is 7.30. The van der Waals surface area contributed by atoms with E-state index in [9.17, 15) is 4.79 Å². The minimum absolute atomic E-state index is 0.291. The second-order valence-corrected chi connectivity index (χ2v) is 2.00. The van der Waals surface area contributed by atoms with E-state index in [1.807, 2.05) is 6.07 Å². The van der Waals surface area contributed by atoms with Crippen LogP contribution >= 0.6 is 0 Å². The first kappa shape index (κ1) is 11.7. The third-order valence-electron chi connectivity index (χ3n) is 1.19. The lowest BCUT2D eigenvalue weighted by Gasteiger charge is -1.95. The van der Waals surface area contributed by atoms with Crippen molar-refractivity contribution in [3.8, 4) is 0 Å². The predicted octanol–water partition coefficient (Wildman–Crippen LogP) is -0.289. The molecule has 0 aliphatic carbocycles. The monoisotopic (exact) mass is 182 g/mol. The van der Waals surface area contributed by atoms with Gasteiger partial charge in [0.2, 0.25) is 0 Å². The van der Waals surface area contributed by atoms with Gasteiger partial charge in [-0.3, -0.25) is 0 Å². The third-order valence-corrected chi connectivity index (χ3v) is 1.19. The van der Waals surface area contributed by atoms with Gasteiger partial charge in [0.25, 0.3) is 0 Å². The Kier molecular flexibility index (Phi) is 6.58. The van der Waals surface area contributed by atoms with Crippen LogP contribution in [0.5, 0.6) is 0 Å². The van der Waals surface area contributed by atoms with Gasteiger partial charge < -0.3 is 14.8 Å². The van der Waals surface area contributed by atoms with Crippen LogP contribution in [0.4, 0.5) is 0 Å². The molecule has 0 atom stereocenters. The van der Waals surface area contributed by atoms with Crippen molar-refractivity contribution in [1.29, 1.82) is 0 Å². The molecule has 0 bridgehead atoms. The molecule has 1 aromatic carbocycles. The summed E-state index contributed by atoms with van der Waals surface area (Å²) in [5.74, 6) is -0.291. The summed E-state index contributed by atoms with van der Waals surface area (Å²) in [6.45, 7) is 0. The van der Waals surface area contributed by atoms with Crippen molar-refractivity contribution >= 4 is 13.7 Å². The number of esters is 1. The predicted molar refractivity (Wildman–Crippen MR) is 49.4 cm³/mol. The highest BCUT2D eigenvalue weighted by Crippen LogP contribution is 1.98. The van der Waals surface area contributed by atoms with E-state index in [4.69, 9.17) is 10.0 Å². The molecule has 4 nitrogen and oxygen atoms in total. The maximum absolute atomic E-state index is 10.8. The first-order valence-corrected chi connectivity index (χ1v) is 3.61.